The topological polar surface area (TPSA) is 60.9 Å². The van der Waals surface area contributed by atoms with Gasteiger partial charge in [0.1, 0.15) is 0 Å². The van der Waals surface area contributed by atoms with Crippen LogP contribution in [0.2, 0.25) is 0 Å². The summed E-state index contributed by atoms with van der Waals surface area (Å²) in [7, 11) is 3.33. The molecule has 1 aliphatic carbocycles. The minimum Gasteiger partial charge on any atom is -0.493 e. The number of hydrogen-bond acceptors (Lipinski definition) is 5. The van der Waals surface area contributed by atoms with Crippen molar-refractivity contribution < 1.29 is 19.0 Å². The van der Waals surface area contributed by atoms with Gasteiger partial charge in [-0.1, -0.05) is 0 Å². The number of rotatable bonds is 3. The number of likely N-dealkylation sites (tertiary alicyclic amines) is 1. The molecule has 0 N–H and O–H groups in total. The first-order valence-corrected chi connectivity index (χ1v) is 11.3. The molecule has 2 aliphatic heterocycles. The molecule has 6 nitrogen and oxygen atoms in total. The van der Waals surface area contributed by atoms with Gasteiger partial charge >= 0.3 is 0 Å². The minimum absolute atomic E-state index is 0.0825. The molecule has 1 aromatic heterocycles. The van der Waals surface area contributed by atoms with Crippen molar-refractivity contribution >= 4 is 5.91 Å². The predicted octanol–water partition coefficient (Wildman–Crippen LogP) is 3.68. The number of ether oxygens (including phenoxy) is 3. The number of hydrogen-bond donors (Lipinski definition) is 0. The molecule has 1 saturated heterocycles. The number of methoxy groups -OCH3 is 2. The second kappa shape index (κ2) is 8.15. The van der Waals surface area contributed by atoms with Crippen LogP contribution in [0.5, 0.6) is 11.5 Å². The maximum absolute atomic E-state index is 13.2. The van der Waals surface area contributed by atoms with Gasteiger partial charge in [0.05, 0.1) is 32.0 Å². The van der Waals surface area contributed by atoms with E-state index in [2.05, 4.69) is 23.2 Å². The third-order valence-corrected chi connectivity index (χ3v) is 7.12. The summed E-state index contributed by atoms with van der Waals surface area (Å²) in [5, 5.41) is 0. The Bertz CT molecular complexity index is 995. The van der Waals surface area contributed by atoms with Crippen LogP contribution in [0, 0.1) is 0 Å². The lowest BCUT2D eigenvalue weighted by Gasteiger charge is -2.45. The van der Waals surface area contributed by atoms with Crippen LogP contribution in [0.3, 0.4) is 0 Å². The molecule has 31 heavy (non-hydrogen) atoms. The van der Waals surface area contributed by atoms with E-state index in [4.69, 9.17) is 14.2 Å². The van der Waals surface area contributed by atoms with E-state index in [1.54, 1.807) is 20.4 Å². The fourth-order valence-electron chi connectivity index (χ4n) is 5.36. The van der Waals surface area contributed by atoms with E-state index >= 15 is 0 Å². The van der Waals surface area contributed by atoms with Gasteiger partial charge in [-0.25, -0.2) is 0 Å². The van der Waals surface area contributed by atoms with Crippen LogP contribution in [0.25, 0.3) is 0 Å². The first kappa shape index (κ1) is 20.3. The molecule has 1 aromatic carbocycles. The lowest BCUT2D eigenvalue weighted by molar-refractivity contribution is -0.0936. The van der Waals surface area contributed by atoms with Gasteiger partial charge < -0.3 is 19.1 Å². The molecular weight excluding hydrogens is 392 g/mol. The fraction of sp³-hybridized carbons (Fsp3) is 0.520. The third kappa shape index (κ3) is 3.57. The van der Waals surface area contributed by atoms with Gasteiger partial charge in [-0.15, -0.1) is 0 Å². The Morgan fingerprint density at radius 3 is 2.52 bits per heavy atom. The summed E-state index contributed by atoms with van der Waals surface area (Å²) in [5.41, 5.74) is 5.19. The highest BCUT2D eigenvalue weighted by atomic mass is 16.5. The fourth-order valence-corrected chi connectivity index (χ4v) is 5.36. The summed E-state index contributed by atoms with van der Waals surface area (Å²) in [4.78, 5) is 19.7. The standard InChI is InChI=1S/C25H30N2O4/c1-29-22-14-17-7-12-31-25(20(17)15-23(22)30-2)8-10-27(11-9-25)24(28)19-13-18-5-3-4-6-21(18)26-16-19/h13-16H,3-12H2,1-2H3. The van der Waals surface area contributed by atoms with E-state index in [1.807, 2.05) is 4.90 Å². The number of benzene rings is 1. The molecule has 0 radical (unpaired) electrons. The summed E-state index contributed by atoms with van der Waals surface area (Å²) in [6.07, 6.45) is 8.62. The van der Waals surface area contributed by atoms with Gasteiger partial charge in [0.25, 0.3) is 5.91 Å². The zero-order valence-electron chi connectivity index (χ0n) is 18.4. The van der Waals surface area contributed by atoms with Crippen molar-refractivity contribution in [3.05, 3.63) is 52.3 Å². The molecule has 1 amide bonds. The normalized spacial score (nSPS) is 19.5. The third-order valence-electron chi connectivity index (χ3n) is 7.12. The molecule has 6 heteroatoms. The SMILES string of the molecule is COc1cc2c(cc1OC)C1(CCN(C(=O)c3cnc4c(c3)CCCC4)CC1)OCC2. The zero-order valence-corrected chi connectivity index (χ0v) is 18.4. The molecule has 2 aromatic rings. The first-order valence-electron chi connectivity index (χ1n) is 11.3. The van der Waals surface area contributed by atoms with E-state index < -0.39 is 0 Å². The van der Waals surface area contributed by atoms with Crippen LogP contribution in [0.1, 0.15) is 58.4 Å². The summed E-state index contributed by atoms with van der Waals surface area (Å²) in [6, 6.07) is 6.21. The van der Waals surface area contributed by atoms with Gasteiger partial charge in [-0.3, -0.25) is 9.78 Å². The van der Waals surface area contributed by atoms with Crippen molar-refractivity contribution in [2.45, 2.75) is 50.5 Å². The number of carbonyl (C=O) groups excluding carboxylic acids is 1. The number of aromatic nitrogens is 1. The zero-order chi connectivity index (χ0) is 21.4. The van der Waals surface area contributed by atoms with Crippen LogP contribution in [-0.2, 0) is 29.6 Å². The molecule has 5 rings (SSSR count). The number of aryl methyl sites for hydroxylation is 2. The lowest BCUT2D eigenvalue weighted by Crippen LogP contribution is -2.48. The molecule has 0 unspecified atom stereocenters. The molecule has 3 aliphatic rings. The summed E-state index contributed by atoms with van der Waals surface area (Å²) in [6.45, 7) is 2.03. The maximum atomic E-state index is 13.2. The largest absolute Gasteiger partial charge is 0.493 e. The van der Waals surface area contributed by atoms with Crippen molar-refractivity contribution in [1.29, 1.82) is 0 Å². The molecule has 0 bridgehead atoms. The number of pyridine rings is 1. The Hall–Kier alpha value is -2.60. The highest BCUT2D eigenvalue weighted by molar-refractivity contribution is 5.94. The average Bonchev–Trinajstić information content (AvgIpc) is 2.83. The molecular formula is C25H30N2O4. The number of carbonyl (C=O) groups is 1. The van der Waals surface area contributed by atoms with Crippen LogP contribution in [0.15, 0.2) is 24.4 Å². The lowest BCUT2D eigenvalue weighted by atomic mass is 9.79. The van der Waals surface area contributed by atoms with E-state index in [0.717, 1.165) is 49.3 Å². The molecule has 1 fully saturated rings. The van der Waals surface area contributed by atoms with E-state index in [-0.39, 0.29) is 11.5 Å². The van der Waals surface area contributed by atoms with Gasteiger partial charge in [0.2, 0.25) is 0 Å². The summed E-state index contributed by atoms with van der Waals surface area (Å²) in [5.74, 6) is 1.56. The monoisotopic (exact) mass is 422 g/mol. The molecule has 1 spiro atoms. The van der Waals surface area contributed by atoms with E-state index in [0.29, 0.717) is 25.3 Å². The molecule has 0 saturated carbocycles. The minimum atomic E-state index is -0.363. The Morgan fingerprint density at radius 2 is 1.74 bits per heavy atom. The van der Waals surface area contributed by atoms with Crippen LogP contribution >= 0.6 is 0 Å². The van der Waals surface area contributed by atoms with Crippen LogP contribution in [-0.4, -0.2) is 49.7 Å². The highest BCUT2D eigenvalue weighted by Gasteiger charge is 2.42. The van der Waals surface area contributed by atoms with Gasteiger partial charge in [-0.2, -0.15) is 0 Å². The van der Waals surface area contributed by atoms with Crippen molar-refractivity contribution in [2.24, 2.45) is 0 Å². The van der Waals surface area contributed by atoms with Gasteiger partial charge in [0, 0.05) is 25.0 Å². The van der Waals surface area contributed by atoms with Gasteiger partial charge in [-0.05, 0) is 79.8 Å². The quantitative estimate of drug-likeness (QED) is 0.755. The van der Waals surface area contributed by atoms with Crippen molar-refractivity contribution in [1.82, 2.24) is 9.88 Å². The van der Waals surface area contributed by atoms with Crippen LogP contribution in [0.4, 0.5) is 0 Å². The second-order valence-electron chi connectivity index (χ2n) is 8.79. The Kier molecular flexibility index (Phi) is 5.34. The van der Waals surface area contributed by atoms with E-state index in [1.165, 1.54) is 29.5 Å². The molecule has 0 atom stereocenters. The van der Waals surface area contributed by atoms with Crippen molar-refractivity contribution in [3.63, 3.8) is 0 Å². The summed E-state index contributed by atoms with van der Waals surface area (Å²) < 4.78 is 17.4. The highest BCUT2D eigenvalue weighted by Crippen LogP contribution is 2.45. The number of amides is 1. The van der Waals surface area contributed by atoms with E-state index in [9.17, 15) is 4.79 Å². The maximum Gasteiger partial charge on any atom is 0.255 e. The predicted molar refractivity (Wildman–Crippen MR) is 117 cm³/mol. The Balaban J connectivity index is 1.35. The molecule has 164 valence electrons. The summed E-state index contributed by atoms with van der Waals surface area (Å²) >= 11 is 0. The second-order valence-corrected chi connectivity index (χ2v) is 8.79. The first-order chi connectivity index (χ1) is 15.1. The average molecular weight is 423 g/mol. The molecule has 3 heterocycles. The van der Waals surface area contributed by atoms with Gasteiger partial charge in [0.15, 0.2) is 11.5 Å². The smallest absolute Gasteiger partial charge is 0.255 e. The Labute approximate surface area is 183 Å². The van der Waals surface area contributed by atoms with Crippen LogP contribution < -0.4 is 9.47 Å². The number of nitrogens with zero attached hydrogens (tertiary/aromatic N) is 2. The van der Waals surface area contributed by atoms with Crippen molar-refractivity contribution in [3.8, 4) is 11.5 Å². The van der Waals surface area contributed by atoms with Crippen molar-refractivity contribution in [2.75, 3.05) is 33.9 Å². The number of piperidine rings is 1. The Morgan fingerprint density at radius 1 is 1.00 bits per heavy atom. The number of fused-ring (bicyclic) bond motifs is 3.